The van der Waals surface area contributed by atoms with Gasteiger partial charge in [0.05, 0.1) is 18.8 Å². The molecule has 1 aliphatic rings. The number of rotatable bonds is 8. The van der Waals surface area contributed by atoms with Gasteiger partial charge in [-0.25, -0.2) is 14.4 Å². The number of carbonyl (C=O) groups is 5. The molecule has 0 radical (unpaired) electrons. The van der Waals surface area contributed by atoms with Gasteiger partial charge in [-0.15, -0.1) is 0 Å². The van der Waals surface area contributed by atoms with Gasteiger partial charge in [0.15, 0.2) is 17.2 Å². The van der Waals surface area contributed by atoms with E-state index in [-0.39, 0.29) is 43.7 Å². The number of hydrogen-bond acceptors (Lipinski definition) is 8. The van der Waals surface area contributed by atoms with Crippen molar-refractivity contribution < 1.29 is 43.3 Å². The summed E-state index contributed by atoms with van der Waals surface area (Å²) in [6.45, 7) is 8.14. The molecule has 0 bridgehead atoms. The summed E-state index contributed by atoms with van der Waals surface area (Å²) in [6, 6.07) is 5.31. The third-order valence-electron chi connectivity index (χ3n) is 5.35. The minimum atomic E-state index is -2.19. The Kier molecular flexibility index (Phi) is 8.41. The Hall–Kier alpha value is -3.43. The van der Waals surface area contributed by atoms with Gasteiger partial charge in [0.1, 0.15) is 5.60 Å². The Morgan fingerprint density at radius 1 is 1.00 bits per heavy atom. The zero-order valence-corrected chi connectivity index (χ0v) is 20.1. The van der Waals surface area contributed by atoms with E-state index in [0.29, 0.717) is 0 Å². The first-order valence-electron chi connectivity index (χ1n) is 11.1. The summed E-state index contributed by atoms with van der Waals surface area (Å²) in [5.41, 5.74) is -2.93. The number of nitrogens with zero attached hydrogens (tertiary/aromatic N) is 1. The Bertz CT molecular complexity index is 948. The number of likely N-dealkylation sites (tertiary alicyclic amines) is 1. The summed E-state index contributed by atoms with van der Waals surface area (Å²) in [6.07, 6.45) is -0.832. The lowest BCUT2D eigenvalue weighted by atomic mass is 9.77. The van der Waals surface area contributed by atoms with Crippen LogP contribution < -0.4 is 0 Å². The van der Waals surface area contributed by atoms with Crippen molar-refractivity contribution in [2.45, 2.75) is 58.6 Å². The topological polar surface area (TPSA) is 137 Å². The molecular formula is C24H31NO9. The predicted molar refractivity (Wildman–Crippen MR) is 119 cm³/mol. The quantitative estimate of drug-likeness (QED) is 0.259. The Balaban J connectivity index is 2.55. The Morgan fingerprint density at radius 3 is 2.06 bits per heavy atom. The number of Topliss-reactive ketones (excluding diaryl/α,β-unsaturated/α-hetero) is 1. The summed E-state index contributed by atoms with van der Waals surface area (Å²) in [5, 5.41) is 10.3. The summed E-state index contributed by atoms with van der Waals surface area (Å²) in [7, 11) is 0. The van der Waals surface area contributed by atoms with Gasteiger partial charge in [-0.3, -0.25) is 14.5 Å². The van der Waals surface area contributed by atoms with Crippen LogP contribution in [0.15, 0.2) is 24.3 Å². The third kappa shape index (κ3) is 5.55. The average Bonchev–Trinajstić information content (AvgIpc) is 3.19. The van der Waals surface area contributed by atoms with Crippen molar-refractivity contribution >= 4 is 29.8 Å². The first kappa shape index (κ1) is 26.8. The van der Waals surface area contributed by atoms with Gasteiger partial charge >= 0.3 is 24.0 Å². The molecule has 1 N–H and O–H groups in total. The maximum atomic E-state index is 13.6. The van der Waals surface area contributed by atoms with Gasteiger partial charge in [-0.05, 0) is 59.6 Å². The molecule has 0 aliphatic carbocycles. The monoisotopic (exact) mass is 477 g/mol. The van der Waals surface area contributed by atoms with E-state index in [4.69, 9.17) is 14.2 Å². The van der Waals surface area contributed by atoms with Crippen LogP contribution in [-0.2, 0) is 23.8 Å². The minimum absolute atomic E-state index is 0.00774. The second-order valence-electron chi connectivity index (χ2n) is 8.81. The van der Waals surface area contributed by atoms with Crippen molar-refractivity contribution in [3.8, 4) is 0 Å². The number of carboxylic acids is 1. The van der Waals surface area contributed by atoms with Gasteiger partial charge in [0.2, 0.25) is 0 Å². The van der Waals surface area contributed by atoms with Gasteiger partial charge in [0.25, 0.3) is 0 Å². The molecule has 1 amide bonds. The van der Waals surface area contributed by atoms with Crippen molar-refractivity contribution in [2.75, 3.05) is 19.8 Å². The average molecular weight is 478 g/mol. The molecule has 1 aromatic rings. The molecule has 1 aliphatic heterocycles. The molecule has 1 aromatic carbocycles. The van der Waals surface area contributed by atoms with Crippen LogP contribution in [-0.4, -0.2) is 70.7 Å². The van der Waals surface area contributed by atoms with E-state index >= 15 is 0 Å². The fourth-order valence-electron chi connectivity index (χ4n) is 3.95. The molecule has 0 spiro atoms. The molecule has 1 heterocycles. The fraction of sp³-hybridized carbons (Fsp3) is 0.542. The number of carboxylic acid groups (broad SMARTS) is 1. The standard InChI is InChI=1S/C24H31NO9/c1-6-32-19(27)16-11-9-15(10-12-16)18(26)17(20(28)33-7-2)24(21(29)30)13-8-14-25(24)22(31)34-23(3,4)5/h9-12,17H,6-8,13-14H2,1-5H3,(H,29,30)/t17?,24-/m0/s1. The van der Waals surface area contributed by atoms with Crippen LogP contribution in [0.25, 0.3) is 0 Å². The van der Waals surface area contributed by atoms with Crippen LogP contribution in [0.3, 0.4) is 0 Å². The highest BCUT2D eigenvalue weighted by Gasteiger charge is 2.62. The van der Waals surface area contributed by atoms with Crippen LogP contribution in [0.5, 0.6) is 0 Å². The summed E-state index contributed by atoms with van der Waals surface area (Å²) >= 11 is 0. The van der Waals surface area contributed by atoms with E-state index in [2.05, 4.69) is 0 Å². The number of esters is 2. The zero-order chi connectivity index (χ0) is 25.7. The van der Waals surface area contributed by atoms with E-state index < -0.39 is 46.8 Å². The highest BCUT2D eigenvalue weighted by molar-refractivity contribution is 6.13. The maximum absolute atomic E-state index is 13.6. The number of ether oxygens (including phenoxy) is 3. The van der Waals surface area contributed by atoms with Crippen LogP contribution in [0.4, 0.5) is 4.79 Å². The molecule has 1 fully saturated rings. The van der Waals surface area contributed by atoms with Crippen LogP contribution in [0, 0.1) is 5.92 Å². The van der Waals surface area contributed by atoms with Gasteiger partial charge in [-0.1, -0.05) is 12.1 Å². The largest absolute Gasteiger partial charge is 0.479 e. The number of carbonyl (C=O) groups excluding carboxylic acids is 4. The number of amides is 1. The van der Waals surface area contributed by atoms with Crippen molar-refractivity contribution in [1.82, 2.24) is 4.90 Å². The molecule has 10 heteroatoms. The maximum Gasteiger partial charge on any atom is 0.411 e. The second kappa shape index (κ2) is 10.7. The van der Waals surface area contributed by atoms with Gasteiger partial charge in [-0.2, -0.15) is 0 Å². The minimum Gasteiger partial charge on any atom is -0.479 e. The second-order valence-corrected chi connectivity index (χ2v) is 8.81. The molecule has 10 nitrogen and oxygen atoms in total. The summed E-state index contributed by atoms with van der Waals surface area (Å²) in [5.74, 6) is -5.83. The van der Waals surface area contributed by atoms with Crippen molar-refractivity contribution in [3.63, 3.8) is 0 Å². The highest BCUT2D eigenvalue weighted by atomic mass is 16.6. The van der Waals surface area contributed by atoms with E-state index in [9.17, 15) is 29.1 Å². The smallest absolute Gasteiger partial charge is 0.411 e. The highest BCUT2D eigenvalue weighted by Crippen LogP contribution is 2.40. The fourth-order valence-corrected chi connectivity index (χ4v) is 3.95. The van der Waals surface area contributed by atoms with Crippen molar-refractivity contribution in [1.29, 1.82) is 0 Å². The normalized spacial score (nSPS) is 18.7. The van der Waals surface area contributed by atoms with Crippen molar-refractivity contribution in [2.24, 2.45) is 5.92 Å². The molecular weight excluding hydrogens is 446 g/mol. The van der Waals surface area contributed by atoms with E-state index in [1.165, 1.54) is 31.2 Å². The molecule has 186 valence electrons. The van der Waals surface area contributed by atoms with Gasteiger partial charge in [0, 0.05) is 12.1 Å². The van der Waals surface area contributed by atoms with Crippen LogP contribution >= 0.6 is 0 Å². The SMILES string of the molecule is CCOC(=O)c1ccc(C(=O)C(C(=O)OCC)[C@]2(C(=O)O)CCCN2C(=O)OC(C)(C)C)cc1. The molecule has 0 aromatic heterocycles. The molecule has 2 atom stereocenters. The zero-order valence-electron chi connectivity index (χ0n) is 20.1. The molecule has 0 saturated carbocycles. The Labute approximate surface area is 198 Å². The third-order valence-corrected chi connectivity index (χ3v) is 5.35. The lowest BCUT2D eigenvalue weighted by Gasteiger charge is -2.39. The summed E-state index contributed by atoms with van der Waals surface area (Å²) in [4.78, 5) is 65.0. The van der Waals surface area contributed by atoms with Gasteiger partial charge < -0.3 is 19.3 Å². The number of benzene rings is 1. The first-order valence-corrected chi connectivity index (χ1v) is 11.1. The molecule has 2 rings (SSSR count). The summed E-state index contributed by atoms with van der Waals surface area (Å²) < 4.78 is 15.4. The van der Waals surface area contributed by atoms with E-state index in [0.717, 1.165) is 4.90 Å². The van der Waals surface area contributed by atoms with Crippen molar-refractivity contribution in [3.05, 3.63) is 35.4 Å². The predicted octanol–water partition coefficient (Wildman–Crippen LogP) is 3.08. The Morgan fingerprint density at radius 2 is 1.56 bits per heavy atom. The molecule has 1 unspecified atom stereocenters. The van der Waals surface area contributed by atoms with Crippen LogP contribution in [0.2, 0.25) is 0 Å². The van der Waals surface area contributed by atoms with E-state index in [1.807, 2.05) is 0 Å². The number of hydrogen-bond donors (Lipinski definition) is 1. The number of ketones is 1. The molecule has 1 saturated heterocycles. The lowest BCUT2D eigenvalue weighted by Crippen LogP contribution is -2.62. The van der Waals surface area contributed by atoms with E-state index in [1.54, 1.807) is 27.7 Å². The lowest BCUT2D eigenvalue weighted by molar-refractivity contribution is -0.163. The molecule has 34 heavy (non-hydrogen) atoms. The first-order chi connectivity index (χ1) is 15.9. The van der Waals surface area contributed by atoms with Crippen LogP contribution in [0.1, 0.15) is 68.2 Å². The number of aliphatic carboxylic acids is 1.